The maximum atomic E-state index is 5.26. The number of rotatable bonds is 3. The van der Waals surface area contributed by atoms with Gasteiger partial charge < -0.3 is 10.1 Å². The van der Waals surface area contributed by atoms with Crippen LogP contribution in [0.15, 0.2) is 22.7 Å². The van der Waals surface area contributed by atoms with E-state index in [1.807, 2.05) is 6.07 Å². The van der Waals surface area contributed by atoms with Crippen molar-refractivity contribution in [3.8, 4) is 5.75 Å². The highest BCUT2D eigenvalue weighted by Gasteiger charge is 2.23. The summed E-state index contributed by atoms with van der Waals surface area (Å²) in [5.41, 5.74) is 1.14. The highest BCUT2D eigenvalue weighted by Crippen LogP contribution is 2.30. The molecular formula is C13H18BrNO. The van der Waals surface area contributed by atoms with Gasteiger partial charge in [0.1, 0.15) is 5.75 Å². The highest BCUT2D eigenvalue weighted by molar-refractivity contribution is 9.10. The largest absolute Gasteiger partial charge is 0.497 e. The van der Waals surface area contributed by atoms with Crippen LogP contribution < -0.4 is 10.1 Å². The summed E-state index contributed by atoms with van der Waals surface area (Å²) in [6, 6.07) is 6.74. The van der Waals surface area contributed by atoms with Crippen molar-refractivity contribution < 1.29 is 4.74 Å². The molecule has 2 atom stereocenters. The van der Waals surface area contributed by atoms with Crippen molar-refractivity contribution in [3.63, 3.8) is 0 Å². The molecule has 0 spiro atoms. The SMILES string of the molecule is COc1cc(Br)cc(NC2CCCC2C)c1. The van der Waals surface area contributed by atoms with Crippen LogP contribution in [0.4, 0.5) is 5.69 Å². The van der Waals surface area contributed by atoms with Gasteiger partial charge >= 0.3 is 0 Å². The lowest BCUT2D eigenvalue weighted by Gasteiger charge is -2.19. The van der Waals surface area contributed by atoms with E-state index in [-0.39, 0.29) is 0 Å². The molecule has 88 valence electrons. The molecule has 2 unspecified atom stereocenters. The van der Waals surface area contributed by atoms with Gasteiger partial charge in [0.05, 0.1) is 7.11 Å². The Kier molecular flexibility index (Phi) is 3.74. The normalized spacial score (nSPS) is 24.4. The first-order valence-corrected chi connectivity index (χ1v) is 6.59. The average molecular weight is 284 g/mol. The zero-order chi connectivity index (χ0) is 11.5. The molecule has 0 aromatic heterocycles. The molecule has 2 nitrogen and oxygen atoms in total. The first-order valence-electron chi connectivity index (χ1n) is 5.80. The van der Waals surface area contributed by atoms with E-state index in [9.17, 15) is 0 Å². The number of hydrogen-bond donors (Lipinski definition) is 1. The van der Waals surface area contributed by atoms with Gasteiger partial charge in [0.25, 0.3) is 0 Å². The summed E-state index contributed by atoms with van der Waals surface area (Å²) in [5.74, 6) is 1.66. The van der Waals surface area contributed by atoms with Gasteiger partial charge in [0.15, 0.2) is 0 Å². The maximum absolute atomic E-state index is 5.26. The molecule has 1 aromatic rings. The predicted octanol–water partition coefficient (Wildman–Crippen LogP) is 4.06. The molecule has 16 heavy (non-hydrogen) atoms. The Hall–Kier alpha value is -0.700. The van der Waals surface area contributed by atoms with Gasteiger partial charge in [-0.15, -0.1) is 0 Å². The smallest absolute Gasteiger partial charge is 0.122 e. The second-order valence-electron chi connectivity index (χ2n) is 4.54. The van der Waals surface area contributed by atoms with E-state index in [0.717, 1.165) is 21.8 Å². The van der Waals surface area contributed by atoms with Gasteiger partial charge in [0.2, 0.25) is 0 Å². The van der Waals surface area contributed by atoms with E-state index in [4.69, 9.17) is 4.74 Å². The molecule has 1 aliphatic rings. The van der Waals surface area contributed by atoms with Crippen LogP contribution in [0.3, 0.4) is 0 Å². The third kappa shape index (κ3) is 2.70. The Labute approximate surface area is 106 Å². The van der Waals surface area contributed by atoms with Crippen molar-refractivity contribution in [3.05, 3.63) is 22.7 Å². The molecular weight excluding hydrogens is 266 g/mol. The summed E-state index contributed by atoms with van der Waals surface area (Å²) in [4.78, 5) is 0. The summed E-state index contributed by atoms with van der Waals surface area (Å²) < 4.78 is 6.31. The number of hydrogen-bond acceptors (Lipinski definition) is 2. The van der Waals surface area contributed by atoms with Crippen molar-refractivity contribution in [2.75, 3.05) is 12.4 Å². The molecule has 0 saturated heterocycles. The van der Waals surface area contributed by atoms with Crippen LogP contribution >= 0.6 is 15.9 Å². The zero-order valence-electron chi connectivity index (χ0n) is 9.79. The van der Waals surface area contributed by atoms with E-state index in [1.54, 1.807) is 7.11 Å². The third-order valence-corrected chi connectivity index (χ3v) is 3.78. The molecule has 0 aliphatic heterocycles. The molecule has 1 fully saturated rings. The number of benzene rings is 1. The van der Waals surface area contributed by atoms with Crippen molar-refractivity contribution in [1.82, 2.24) is 0 Å². The molecule has 1 saturated carbocycles. The Balaban J connectivity index is 2.11. The summed E-state index contributed by atoms with van der Waals surface area (Å²) in [5, 5.41) is 3.60. The Bertz CT molecular complexity index is 367. The van der Waals surface area contributed by atoms with E-state index < -0.39 is 0 Å². The fourth-order valence-corrected chi connectivity index (χ4v) is 2.81. The number of methoxy groups -OCH3 is 1. The molecule has 3 heteroatoms. The molecule has 2 rings (SSSR count). The van der Waals surface area contributed by atoms with Crippen LogP contribution in [0, 0.1) is 5.92 Å². The zero-order valence-corrected chi connectivity index (χ0v) is 11.4. The molecule has 0 radical (unpaired) electrons. The second-order valence-corrected chi connectivity index (χ2v) is 5.45. The summed E-state index contributed by atoms with van der Waals surface area (Å²) >= 11 is 3.50. The van der Waals surface area contributed by atoms with Gasteiger partial charge in [0, 0.05) is 22.3 Å². The Morgan fingerprint density at radius 3 is 2.75 bits per heavy atom. The van der Waals surface area contributed by atoms with Crippen LogP contribution in [0.1, 0.15) is 26.2 Å². The maximum Gasteiger partial charge on any atom is 0.122 e. The minimum atomic E-state index is 0.610. The van der Waals surface area contributed by atoms with Gasteiger partial charge in [-0.3, -0.25) is 0 Å². The third-order valence-electron chi connectivity index (χ3n) is 3.32. The fourth-order valence-electron chi connectivity index (χ4n) is 2.34. The first kappa shape index (κ1) is 11.8. The van der Waals surface area contributed by atoms with Crippen LogP contribution in [0.5, 0.6) is 5.75 Å². The van der Waals surface area contributed by atoms with E-state index in [1.165, 1.54) is 19.3 Å². The van der Waals surface area contributed by atoms with Crippen molar-refractivity contribution in [2.45, 2.75) is 32.2 Å². The van der Waals surface area contributed by atoms with Gasteiger partial charge in [-0.2, -0.15) is 0 Å². The quantitative estimate of drug-likeness (QED) is 0.903. The van der Waals surface area contributed by atoms with Crippen molar-refractivity contribution >= 4 is 21.6 Å². The lowest BCUT2D eigenvalue weighted by Crippen LogP contribution is -2.21. The van der Waals surface area contributed by atoms with Crippen molar-refractivity contribution in [2.24, 2.45) is 5.92 Å². The summed E-state index contributed by atoms with van der Waals surface area (Å²) in [6.07, 6.45) is 3.95. The van der Waals surface area contributed by atoms with Gasteiger partial charge in [-0.25, -0.2) is 0 Å². The van der Waals surface area contributed by atoms with Crippen LogP contribution in [-0.4, -0.2) is 13.2 Å². The topological polar surface area (TPSA) is 21.3 Å². The molecule has 0 heterocycles. The van der Waals surface area contributed by atoms with E-state index in [2.05, 4.69) is 40.3 Å². The average Bonchev–Trinajstić information content (AvgIpc) is 2.63. The van der Waals surface area contributed by atoms with Gasteiger partial charge in [-0.05, 0) is 30.9 Å². The minimum Gasteiger partial charge on any atom is -0.497 e. The lowest BCUT2D eigenvalue weighted by atomic mass is 10.1. The Morgan fingerprint density at radius 1 is 1.31 bits per heavy atom. The first-order chi connectivity index (χ1) is 7.69. The number of halogens is 1. The molecule has 1 aliphatic carbocycles. The molecule has 0 bridgehead atoms. The van der Waals surface area contributed by atoms with Crippen molar-refractivity contribution in [1.29, 1.82) is 0 Å². The van der Waals surface area contributed by atoms with Gasteiger partial charge in [-0.1, -0.05) is 29.3 Å². The summed E-state index contributed by atoms with van der Waals surface area (Å²) in [7, 11) is 1.70. The predicted molar refractivity (Wildman–Crippen MR) is 71.1 cm³/mol. The molecule has 0 amide bonds. The monoisotopic (exact) mass is 283 g/mol. The van der Waals surface area contributed by atoms with Crippen LogP contribution in [-0.2, 0) is 0 Å². The van der Waals surface area contributed by atoms with Crippen LogP contribution in [0.25, 0.3) is 0 Å². The number of nitrogens with one attached hydrogen (secondary N) is 1. The van der Waals surface area contributed by atoms with E-state index >= 15 is 0 Å². The lowest BCUT2D eigenvalue weighted by molar-refractivity contribution is 0.414. The minimum absolute atomic E-state index is 0.610. The number of anilines is 1. The number of ether oxygens (including phenoxy) is 1. The molecule has 1 aromatic carbocycles. The molecule has 1 N–H and O–H groups in total. The van der Waals surface area contributed by atoms with Crippen LogP contribution in [0.2, 0.25) is 0 Å². The summed E-state index contributed by atoms with van der Waals surface area (Å²) in [6.45, 7) is 2.32. The standard InChI is InChI=1S/C13H18BrNO/c1-9-4-3-5-13(9)15-11-6-10(14)7-12(8-11)16-2/h6-9,13,15H,3-5H2,1-2H3. The van der Waals surface area contributed by atoms with E-state index in [0.29, 0.717) is 6.04 Å². The fraction of sp³-hybridized carbons (Fsp3) is 0.538. The Morgan fingerprint density at radius 2 is 2.12 bits per heavy atom. The second kappa shape index (κ2) is 5.09. The highest BCUT2D eigenvalue weighted by atomic mass is 79.9.